The van der Waals surface area contributed by atoms with Crippen LogP contribution in [-0.4, -0.2) is 28.6 Å². The fourth-order valence-corrected chi connectivity index (χ4v) is 2.02. The first-order valence-corrected chi connectivity index (χ1v) is 6.43. The zero-order valence-electron chi connectivity index (χ0n) is 10.3. The van der Waals surface area contributed by atoms with E-state index < -0.39 is 0 Å². The van der Waals surface area contributed by atoms with Crippen LogP contribution in [0.1, 0.15) is 30.6 Å². The lowest BCUT2D eigenvalue weighted by atomic mass is 10.0. The second kappa shape index (κ2) is 6.92. The minimum Gasteiger partial charge on any atom is -0.394 e. The van der Waals surface area contributed by atoms with E-state index in [0.29, 0.717) is 12.3 Å². The smallest absolute Gasteiger partial charge is 0.254 e. The molecule has 0 aliphatic heterocycles. The molecule has 1 aromatic rings. The summed E-state index contributed by atoms with van der Waals surface area (Å²) in [5, 5.41) is 12.2. The van der Waals surface area contributed by atoms with Gasteiger partial charge in [-0.15, -0.1) is 0 Å². The van der Waals surface area contributed by atoms with Gasteiger partial charge in [0.25, 0.3) is 5.91 Å². The van der Waals surface area contributed by atoms with Crippen molar-refractivity contribution in [3.63, 3.8) is 0 Å². The highest BCUT2D eigenvalue weighted by Crippen LogP contribution is 2.17. The van der Waals surface area contributed by atoms with E-state index in [9.17, 15) is 9.90 Å². The van der Waals surface area contributed by atoms with E-state index in [2.05, 4.69) is 10.3 Å². The van der Waals surface area contributed by atoms with Gasteiger partial charge in [0.05, 0.1) is 18.2 Å². The number of hydrogen-bond acceptors (Lipinski definition) is 3. The molecule has 0 aromatic carbocycles. The summed E-state index contributed by atoms with van der Waals surface area (Å²) in [4.78, 5) is 15.7. The average molecular weight is 291 g/mol. The maximum Gasteiger partial charge on any atom is 0.254 e. The van der Waals surface area contributed by atoms with Gasteiger partial charge in [-0.3, -0.25) is 4.79 Å². The van der Waals surface area contributed by atoms with Crippen LogP contribution >= 0.6 is 23.2 Å². The molecule has 1 aromatic heterocycles. The topological polar surface area (TPSA) is 62.2 Å². The fourth-order valence-electron chi connectivity index (χ4n) is 1.59. The molecule has 6 heteroatoms. The van der Waals surface area contributed by atoms with Crippen LogP contribution in [0.5, 0.6) is 0 Å². The first-order valence-electron chi connectivity index (χ1n) is 5.67. The van der Waals surface area contributed by atoms with Crippen LogP contribution < -0.4 is 5.32 Å². The normalized spacial score (nSPS) is 12.6. The van der Waals surface area contributed by atoms with Crippen LogP contribution in [-0.2, 0) is 0 Å². The molecule has 0 spiro atoms. The lowest BCUT2D eigenvalue weighted by Gasteiger charge is -2.18. The maximum absolute atomic E-state index is 11.9. The van der Waals surface area contributed by atoms with Crippen molar-refractivity contribution in [2.24, 2.45) is 5.92 Å². The molecule has 1 amide bonds. The van der Waals surface area contributed by atoms with Crippen molar-refractivity contribution in [2.45, 2.75) is 26.3 Å². The van der Waals surface area contributed by atoms with Crippen LogP contribution in [0.15, 0.2) is 12.1 Å². The van der Waals surface area contributed by atoms with Crippen LogP contribution in [0.2, 0.25) is 10.3 Å². The number of aliphatic hydroxyl groups is 1. The molecule has 18 heavy (non-hydrogen) atoms. The number of halogens is 2. The minimum atomic E-state index is -0.358. The molecule has 0 aliphatic rings. The van der Waals surface area contributed by atoms with Gasteiger partial charge in [-0.1, -0.05) is 37.0 Å². The average Bonchev–Trinajstić information content (AvgIpc) is 2.27. The number of carbonyl (C=O) groups is 1. The Labute approximate surface area is 116 Å². The second-order valence-corrected chi connectivity index (χ2v) is 5.20. The maximum atomic E-state index is 11.9. The number of carbonyl (C=O) groups excluding carboxylic acids is 1. The molecule has 0 saturated heterocycles. The molecule has 1 heterocycles. The van der Waals surface area contributed by atoms with Crippen LogP contribution in [0.4, 0.5) is 0 Å². The number of pyridine rings is 1. The van der Waals surface area contributed by atoms with Crippen molar-refractivity contribution in [3.8, 4) is 0 Å². The number of aromatic nitrogens is 1. The van der Waals surface area contributed by atoms with Gasteiger partial charge in [-0.2, -0.15) is 0 Å². The number of nitrogens with one attached hydrogen (secondary N) is 1. The number of nitrogens with zero attached hydrogens (tertiary/aromatic N) is 1. The molecule has 1 unspecified atom stereocenters. The van der Waals surface area contributed by atoms with Crippen molar-refractivity contribution in [1.29, 1.82) is 0 Å². The van der Waals surface area contributed by atoms with Crippen LogP contribution in [0.3, 0.4) is 0 Å². The van der Waals surface area contributed by atoms with Crippen LogP contribution in [0.25, 0.3) is 0 Å². The number of hydrogen-bond donors (Lipinski definition) is 2. The predicted octanol–water partition coefficient (Wildman–Crippen LogP) is 2.53. The Morgan fingerprint density at radius 2 is 2.11 bits per heavy atom. The van der Waals surface area contributed by atoms with Gasteiger partial charge >= 0.3 is 0 Å². The molecule has 0 saturated carbocycles. The summed E-state index contributed by atoms with van der Waals surface area (Å²) in [6.45, 7) is 3.93. The summed E-state index contributed by atoms with van der Waals surface area (Å²) < 4.78 is 0. The predicted molar refractivity (Wildman–Crippen MR) is 72.1 cm³/mol. The van der Waals surface area contributed by atoms with Crippen molar-refractivity contribution in [3.05, 3.63) is 28.0 Å². The summed E-state index contributed by atoms with van der Waals surface area (Å²) in [5.41, 5.74) is 0.253. The quantitative estimate of drug-likeness (QED) is 0.819. The summed E-state index contributed by atoms with van der Waals surface area (Å²) in [6, 6.07) is 2.72. The van der Waals surface area contributed by atoms with Gasteiger partial charge in [-0.25, -0.2) is 4.98 Å². The van der Waals surface area contributed by atoms with Gasteiger partial charge in [0.15, 0.2) is 0 Å². The van der Waals surface area contributed by atoms with E-state index in [1.807, 2.05) is 13.8 Å². The molecule has 1 rings (SSSR count). The highest BCUT2D eigenvalue weighted by molar-refractivity contribution is 6.34. The van der Waals surface area contributed by atoms with Gasteiger partial charge in [-0.05, 0) is 24.5 Å². The zero-order valence-corrected chi connectivity index (χ0v) is 11.8. The van der Waals surface area contributed by atoms with E-state index in [4.69, 9.17) is 23.2 Å². The molecular weight excluding hydrogens is 275 g/mol. The Bertz CT molecular complexity index is 425. The molecule has 0 bridgehead atoms. The molecule has 4 nitrogen and oxygen atoms in total. The summed E-state index contributed by atoms with van der Waals surface area (Å²) in [6.07, 6.45) is 0.695. The third kappa shape index (κ3) is 4.44. The van der Waals surface area contributed by atoms with Crippen molar-refractivity contribution >= 4 is 29.1 Å². The van der Waals surface area contributed by atoms with Crippen LogP contribution in [0, 0.1) is 5.92 Å². The first kappa shape index (κ1) is 15.2. The standard InChI is InChI=1S/C12H16Cl2N2O2/c1-7(2)5-8(6-17)15-12(18)9-3-4-10(13)16-11(9)14/h3-4,7-8,17H,5-6H2,1-2H3,(H,15,18). The van der Waals surface area contributed by atoms with Crippen molar-refractivity contribution in [2.75, 3.05) is 6.61 Å². The Morgan fingerprint density at radius 3 is 2.61 bits per heavy atom. The largest absolute Gasteiger partial charge is 0.394 e. The van der Waals surface area contributed by atoms with E-state index in [1.165, 1.54) is 12.1 Å². The molecule has 2 N–H and O–H groups in total. The summed E-state index contributed by atoms with van der Waals surface area (Å²) in [7, 11) is 0. The molecule has 1 atom stereocenters. The number of aliphatic hydroxyl groups excluding tert-OH is 1. The Morgan fingerprint density at radius 1 is 1.44 bits per heavy atom. The molecule has 0 fully saturated rings. The molecular formula is C12H16Cl2N2O2. The van der Waals surface area contributed by atoms with Gasteiger partial charge in [0.2, 0.25) is 0 Å². The fraction of sp³-hybridized carbons (Fsp3) is 0.500. The molecule has 0 radical (unpaired) electrons. The van der Waals surface area contributed by atoms with E-state index in [0.717, 1.165) is 0 Å². The Balaban J connectivity index is 2.74. The minimum absolute atomic E-state index is 0.0567. The molecule has 0 aliphatic carbocycles. The number of rotatable bonds is 5. The lowest BCUT2D eigenvalue weighted by Crippen LogP contribution is -2.38. The third-order valence-corrected chi connectivity index (χ3v) is 2.87. The van der Waals surface area contributed by atoms with E-state index in [-0.39, 0.29) is 34.4 Å². The third-order valence-electron chi connectivity index (χ3n) is 2.37. The summed E-state index contributed by atoms with van der Waals surface area (Å²) >= 11 is 11.5. The van der Waals surface area contributed by atoms with Crippen molar-refractivity contribution in [1.82, 2.24) is 10.3 Å². The van der Waals surface area contributed by atoms with Gasteiger partial charge in [0.1, 0.15) is 10.3 Å². The molecule has 100 valence electrons. The Hall–Kier alpha value is -0.840. The Kier molecular flexibility index (Phi) is 5.85. The van der Waals surface area contributed by atoms with Crippen molar-refractivity contribution < 1.29 is 9.90 Å². The van der Waals surface area contributed by atoms with Gasteiger partial charge < -0.3 is 10.4 Å². The monoisotopic (exact) mass is 290 g/mol. The second-order valence-electron chi connectivity index (χ2n) is 4.45. The van der Waals surface area contributed by atoms with E-state index in [1.54, 1.807) is 0 Å². The lowest BCUT2D eigenvalue weighted by molar-refractivity contribution is 0.0908. The zero-order chi connectivity index (χ0) is 13.7. The van der Waals surface area contributed by atoms with Gasteiger partial charge in [0, 0.05) is 0 Å². The first-order chi connectivity index (χ1) is 8.43. The number of amides is 1. The highest BCUT2D eigenvalue weighted by Gasteiger charge is 2.17. The SMILES string of the molecule is CC(C)CC(CO)NC(=O)c1ccc(Cl)nc1Cl. The highest BCUT2D eigenvalue weighted by atomic mass is 35.5. The summed E-state index contributed by atoms with van der Waals surface area (Å²) in [5.74, 6) is 0.0186. The van der Waals surface area contributed by atoms with E-state index >= 15 is 0 Å².